The van der Waals surface area contributed by atoms with Crippen molar-refractivity contribution in [2.24, 2.45) is 5.92 Å². The van der Waals surface area contributed by atoms with E-state index in [-0.39, 0.29) is 11.7 Å². The Bertz CT molecular complexity index is 340. The lowest BCUT2D eigenvalue weighted by Crippen LogP contribution is -2.21. The van der Waals surface area contributed by atoms with Crippen molar-refractivity contribution in [1.29, 1.82) is 0 Å². The molecule has 1 heterocycles. The molecule has 68 valence electrons. The van der Waals surface area contributed by atoms with Crippen LogP contribution in [0.4, 0.5) is 0 Å². The number of aldehydes is 1. The number of hydrogen-bond donors (Lipinski definition) is 0. The van der Waals surface area contributed by atoms with Gasteiger partial charge in [0.15, 0.2) is 5.78 Å². The first-order valence-corrected chi connectivity index (χ1v) is 5.25. The molecule has 0 aliphatic heterocycles. The molecule has 1 aromatic heterocycles. The van der Waals surface area contributed by atoms with Gasteiger partial charge in [0.25, 0.3) is 0 Å². The highest BCUT2D eigenvalue weighted by Gasteiger charge is 2.27. The number of Topliss-reactive ketones (excluding diaryl/α,β-unsaturated/α-hetero) is 1. The van der Waals surface area contributed by atoms with E-state index in [1.807, 2.05) is 11.4 Å². The van der Waals surface area contributed by atoms with Crippen LogP contribution in [0, 0.1) is 5.92 Å². The molecule has 0 amide bonds. The Hall–Kier alpha value is -0.960. The van der Waals surface area contributed by atoms with Crippen molar-refractivity contribution in [3.05, 3.63) is 21.9 Å². The van der Waals surface area contributed by atoms with Crippen molar-refractivity contribution in [2.45, 2.75) is 19.3 Å². The molecule has 0 bridgehead atoms. The predicted molar refractivity (Wildman–Crippen MR) is 51.1 cm³/mol. The van der Waals surface area contributed by atoms with Gasteiger partial charge in [-0.15, -0.1) is 11.3 Å². The van der Waals surface area contributed by atoms with E-state index in [1.165, 1.54) is 4.88 Å². The van der Waals surface area contributed by atoms with Crippen molar-refractivity contribution in [2.75, 3.05) is 0 Å². The maximum absolute atomic E-state index is 11.7. The van der Waals surface area contributed by atoms with Gasteiger partial charge >= 0.3 is 0 Å². The van der Waals surface area contributed by atoms with Gasteiger partial charge in [0, 0.05) is 22.8 Å². The van der Waals surface area contributed by atoms with E-state index >= 15 is 0 Å². The Balaban J connectivity index is 2.27. The second kappa shape index (κ2) is 3.42. The maximum Gasteiger partial charge on any atom is 0.167 e. The fourth-order valence-electron chi connectivity index (χ4n) is 1.75. The highest BCUT2D eigenvalue weighted by molar-refractivity contribution is 7.10. The quantitative estimate of drug-likeness (QED) is 0.675. The van der Waals surface area contributed by atoms with Crippen LogP contribution < -0.4 is 0 Å². The Morgan fingerprint density at radius 3 is 3.23 bits per heavy atom. The molecule has 0 aromatic carbocycles. The summed E-state index contributed by atoms with van der Waals surface area (Å²) in [6, 6.07) is 1.87. The van der Waals surface area contributed by atoms with Crippen molar-refractivity contribution in [3.8, 4) is 0 Å². The molecule has 0 spiro atoms. The van der Waals surface area contributed by atoms with Crippen LogP contribution in [0.2, 0.25) is 0 Å². The zero-order chi connectivity index (χ0) is 9.26. The van der Waals surface area contributed by atoms with Crippen LogP contribution in [0.15, 0.2) is 11.4 Å². The van der Waals surface area contributed by atoms with Gasteiger partial charge in [-0.25, -0.2) is 0 Å². The fraction of sp³-hybridized carbons (Fsp3) is 0.400. The lowest BCUT2D eigenvalue weighted by atomic mass is 9.85. The first kappa shape index (κ1) is 8.63. The van der Waals surface area contributed by atoms with Gasteiger partial charge < -0.3 is 4.79 Å². The standard InChI is InChI=1S/C10H10O2S/c11-5-3-7-1-2-9-8(10(7)12)4-6-13-9/h4-7H,1-3H2. The number of ketones is 1. The predicted octanol–water partition coefficient (Wildman–Crippen LogP) is 2.08. The van der Waals surface area contributed by atoms with Crippen LogP contribution in [0.3, 0.4) is 0 Å². The normalized spacial score (nSPS) is 21.2. The van der Waals surface area contributed by atoms with Crippen LogP contribution in [-0.4, -0.2) is 12.1 Å². The molecule has 1 aromatic rings. The van der Waals surface area contributed by atoms with E-state index in [0.29, 0.717) is 6.42 Å². The van der Waals surface area contributed by atoms with Crippen molar-refractivity contribution in [1.82, 2.24) is 0 Å². The average Bonchev–Trinajstić information content (AvgIpc) is 2.58. The molecular formula is C10H10O2S. The molecule has 2 rings (SSSR count). The van der Waals surface area contributed by atoms with Crippen LogP contribution in [0.1, 0.15) is 28.1 Å². The summed E-state index contributed by atoms with van der Waals surface area (Å²) in [4.78, 5) is 23.2. The van der Waals surface area contributed by atoms with Gasteiger partial charge in [-0.1, -0.05) is 0 Å². The van der Waals surface area contributed by atoms with Crippen LogP contribution in [0.25, 0.3) is 0 Å². The maximum atomic E-state index is 11.7. The second-order valence-corrected chi connectivity index (χ2v) is 4.26. The number of hydrogen-bond acceptors (Lipinski definition) is 3. The second-order valence-electron chi connectivity index (χ2n) is 3.26. The smallest absolute Gasteiger partial charge is 0.167 e. The highest BCUT2D eigenvalue weighted by atomic mass is 32.1. The fourth-order valence-corrected chi connectivity index (χ4v) is 2.65. The minimum Gasteiger partial charge on any atom is -0.303 e. The summed E-state index contributed by atoms with van der Waals surface area (Å²) in [5, 5.41) is 1.95. The van der Waals surface area contributed by atoms with Gasteiger partial charge in [0.05, 0.1) is 0 Å². The first-order chi connectivity index (χ1) is 6.33. The number of thiophene rings is 1. The van der Waals surface area contributed by atoms with E-state index < -0.39 is 0 Å². The van der Waals surface area contributed by atoms with Gasteiger partial charge in [0.1, 0.15) is 6.29 Å². The molecule has 3 heteroatoms. The number of carbonyl (C=O) groups excluding carboxylic acids is 2. The Kier molecular flexibility index (Phi) is 2.27. The lowest BCUT2D eigenvalue weighted by Gasteiger charge is -2.18. The largest absolute Gasteiger partial charge is 0.303 e. The van der Waals surface area contributed by atoms with Gasteiger partial charge in [-0.2, -0.15) is 0 Å². The third-order valence-corrected chi connectivity index (χ3v) is 3.46. The van der Waals surface area contributed by atoms with Crippen LogP contribution in [-0.2, 0) is 11.2 Å². The average molecular weight is 194 g/mol. The molecule has 0 radical (unpaired) electrons. The van der Waals surface area contributed by atoms with Gasteiger partial charge in [-0.05, 0) is 24.3 Å². The molecule has 0 fully saturated rings. The van der Waals surface area contributed by atoms with Crippen LogP contribution in [0.5, 0.6) is 0 Å². The SMILES string of the molecule is O=CCC1CCc2sccc2C1=O. The minimum absolute atomic E-state index is 0.0559. The summed E-state index contributed by atoms with van der Waals surface area (Å²) in [6.45, 7) is 0. The van der Waals surface area contributed by atoms with Crippen molar-refractivity contribution < 1.29 is 9.59 Å². The molecule has 1 aliphatic rings. The van der Waals surface area contributed by atoms with Gasteiger partial charge in [0.2, 0.25) is 0 Å². The first-order valence-electron chi connectivity index (χ1n) is 4.37. The number of carbonyl (C=O) groups is 2. The molecule has 0 N–H and O–H groups in total. The highest BCUT2D eigenvalue weighted by Crippen LogP contribution is 2.30. The van der Waals surface area contributed by atoms with Crippen LogP contribution >= 0.6 is 11.3 Å². The molecule has 1 atom stereocenters. The zero-order valence-electron chi connectivity index (χ0n) is 7.16. The molecule has 0 saturated carbocycles. The van der Waals surface area contributed by atoms with E-state index in [4.69, 9.17) is 0 Å². The number of rotatable bonds is 2. The van der Waals surface area contributed by atoms with E-state index in [0.717, 1.165) is 24.7 Å². The Morgan fingerprint density at radius 1 is 1.62 bits per heavy atom. The number of aryl methyl sites for hydroxylation is 1. The Labute approximate surface area is 80.6 Å². The van der Waals surface area contributed by atoms with E-state index in [9.17, 15) is 9.59 Å². The van der Waals surface area contributed by atoms with Crippen molar-refractivity contribution >= 4 is 23.4 Å². The lowest BCUT2D eigenvalue weighted by molar-refractivity contribution is -0.108. The minimum atomic E-state index is -0.0559. The molecule has 0 saturated heterocycles. The molecule has 2 nitrogen and oxygen atoms in total. The van der Waals surface area contributed by atoms with E-state index in [1.54, 1.807) is 11.3 Å². The molecule has 13 heavy (non-hydrogen) atoms. The Morgan fingerprint density at radius 2 is 2.46 bits per heavy atom. The third-order valence-electron chi connectivity index (χ3n) is 2.48. The summed E-state index contributed by atoms with van der Waals surface area (Å²) in [7, 11) is 0. The van der Waals surface area contributed by atoms with Crippen molar-refractivity contribution in [3.63, 3.8) is 0 Å². The third kappa shape index (κ3) is 1.44. The summed E-state index contributed by atoms with van der Waals surface area (Å²) < 4.78 is 0. The topological polar surface area (TPSA) is 34.1 Å². The summed E-state index contributed by atoms with van der Waals surface area (Å²) >= 11 is 1.64. The summed E-state index contributed by atoms with van der Waals surface area (Å²) in [6.07, 6.45) is 3.02. The number of fused-ring (bicyclic) bond motifs is 1. The summed E-state index contributed by atoms with van der Waals surface area (Å²) in [5.74, 6) is 0.106. The molecular weight excluding hydrogens is 184 g/mol. The van der Waals surface area contributed by atoms with Gasteiger partial charge in [-0.3, -0.25) is 4.79 Å². The summed E-state index contributed by atoms with van der Waals surface area (Å²) in [5.41, 5.74) is 0.850. The zero-order valence-corrected chi connectivity index (χ0v) is 7.97. The van der Waals surface area contributed by atoms with E-state index in [2.05, 4.69) is 0 Å². The molecule has 1 aliphatic carbocycles. The molecule has 1 unspecified atom stereocenters. The monoisotopic (exact) mass is 194 g/mol.